The van der Waals surface area contributed by atoms with Gasteiger partial charge in [-0.1, -0.05) is 36.4 Å². The molecule has 0 bridgehead atoms. The molecule has 0 spiro atoms. The Kier molecular flexibility index (Phi) is 5.46. The molecule has 0 amide bonds. The molecule has 0 unspecified atom stereocenters. The van der Waals surface area contributed by atoms with Crippen molar-refractivity contribution in [3.05, 3.63) is 54.9 Å². The van der Waals surface area contributed by atoms with Crippen molar-refractivity contribution in [2.45, 2.75) is 38.0 Å². The topological polar surface area (TPSA) is 108 Å². The standard InChI is InChI=1S/C24H28N6O2S/c1-16(2)33(31,32)30-21-14-18(8-9-20(21)28-24(30)25)23-22(17-6-4-3-5-7-17)27-15-29(23)19-10-12-26-13-11-19/h3-9,14-16,19,26H,10-13H2,1-2H3,(H2,25,28). The number of anilines is 1. The van der Waals surface area contributed by atoms with E-state index in [-0.39, 0.29) is 5.95 Å². The lowest BCUT2D eigenvalue weighted by atomic mass is 10.0. The number of aromatic nitrogens is 4. The zero-order valence-electron chi connectivity index (χ0n) is 18.8. The number of rotatable bonds is 5. The molecule has 0 atom stereocenters. The highest BCUT2D eigenvalue weighted by Gasteiger charge is 2.26. The molecular weight excluding hydrogens is 436 g/mol. The lowest BCUT2D eigenvalue weighted by Crippen LogP contribution is -2.29. The second-order valence-electron chi connectivity index (χ2n) is 8.73. The maximum atomic E-state index is 13.0. The smallest absolute Gasteiger partial charge is 0.244 e. The van der Waals surface area contributed by atoms with Crippen LogP contribution in [0.4, 0.5) is 5.95 Å². The summed E-state index contributed by atoms with van der Waals surface area (Å²) in [5, 5.41) is 2.79. The van der Waals surface area contributed by atoms with Crippen molar-refractivity contribution in [1.29, 1.82) is 0 Å². The normalized spacial score (nSPS) is 15.5. The zero-order valence-corrected chi connectivity index (χ0v) is 19.6. The third-order valence-corrected chi connectivity index (χ3v) is 8.39. The van der Waals surface area contributed by atoms with Crippen LogP contribution in [0.15, 0.2) is 54.9 Å². The van der Waals surface area contributed by atoms with Crippen LogP contribution >= 0.6 is 0 Å². The van der Waals surface area contributed by atoms with Gasteiger partial charge in [0.1, 0.15) is 0 Å². The molecular formula is C24H28N6O2S. The summed E-state index contributed by atoms with van der Waals surface area (Å²) < 4.78 is 29.5. The van der Waals surface area contributed by atoms with Crippen LogP contribution < -0.4 is 11.1 Å². The lowest BCUT2D eigenvalue weighted by molar-refractivity contribution is 0.370. The molecule has 172 valence electrons. The molecule has 3 heterocycles. The van der Waals surface area contributed by atoms with Gasteiger partial charge in [-0.05, 0) is 51.9 Å². The molecule has 2 aromatic heterocycles. The third-order valence-electron chi connectivity index (χ3n) is 6.30. The SMILES string of the molecule is CC(C)S(=O)(=O)n1c(N)nc2ccc(-c3c(-c4ccccc4)ncn3C3CCNCC3)cc21. The molecule has 2 aromatic carbocycles. The molecule has 1 aliphatic rings. The van der Waals surface area contributed by atoms with Crippen LogP contribution in [0.1, 0.15) is 32.7 Å². The Morgan fingerprint density at radius 2 is 1.79 bits per heavy atom. The van der Waals surface area contributed by atoms with E-state index in [4.69, 9.17) is 10.7 Å². The largest absolute Gasteiger partial charge is 0.368 e. The van der Waals surface area contributed by atoms with Crippen LogP contribution in [0.25, 0.3) is 33.5 Å². The van der Waals surface area contributed by atoms with Gasteiger partial charge >= 0.3 is 0 Å². The number of fused-ring (bicyclic) bond motifs is 1. The summed E-state index contributed by atoms with van der Waals surface area (Å²) >= 11 is 0. The number of benzene rings is 2. The van der Waals surface area contributed by atoms with Gasteiger partial charge in [-0.25, -0.2) is 22.4 Å². The van der Waals surface area contributed by atoms with Crippen LogP contribution in [0.3, 0.4) is 0 Å². The molecule has 1 fully saturated rings. The Hall–Kier alpha value is -3.17. The minimum atomic E-state index is -3.67. The lowest BCUT2D eigenvalue weighted by Gasteiger charge is -2.26. The van der Waals surface area contributed by atoms with E-state index in [0.29, 0.717) is 17.1 Å². The molecule has 1 aliphatic heterocycles. The number of piperidine rings is 1. The van der Waals surface area contributed by atoms with Crippen LogP contribution in [0.2, 0.25) is 0 Å². The Bertz CT molecular complexity index is 1400. The quantitative estimate of drug-likeness (QED) is 0.467. The number of hydrogen-bond acceptors (Lipinski definition) is 6. The van der Waals surface area contributed by atoms with Gasteiger partial charge < -0.3 is 15.6 Å². The number of nitrogen functional groups attached to an aromatic ring is 1. The van der Waals surface area contributed by atoms with Crippen molar-refractivity contribution in [1.82, 2.24) is 23.8 Å². The van der Waals surface area contributed by atoms with Crippen LogP contribution in [0, 0.1) is 0 Å². The number of nitrogens with one attached hydrogen (secondary N) is 1. The van der Waals surface area contributed by atoms with Gasteiger partial charge in [-0.3, -0.25) is 0 Å². The zero-order chi connectivity index (χ0) is 23.2. The highest BCUT2D eigenvalue weighted by atomic mass is 32.2. The van der Waals surface area contributed by atoms with Crippen molar-refractivity contribution in [2.24, 2.45) is 0 Å². The molecule has 4 aromatic rings. The first-order valence-electron chi connectivity index (χ1n) is 11.2. The first-order chi connectivity index (χ1) is 15.9. The monoisotopic (exact) mass is 464 g/mol. The van der Waals surface area contributed by atoms with E-state index in [2.05, 4.69) is 14.9 Å². The van der Waals surface area contributed by atoms with Gasteiger partial charge in [-0.15, -0.1) is 0 Å². The van der Waals surface area contributed by atoms with Gasteiger partial charge in [0.25, 0.3) is 0 Å². The van der Waals surface area contributed by atoms with Crippen LogP contribution in [-0.2, 0) is 10.0 Å². The van der Waals surface area contributed by atoms with Crippen molar-refractivity contribution >= 4 is 27.0 Å². The summed E-state index contributed by atoms with van der Waals surface area (Å²) in [7, 11) is -3.67. The number of imidazole rings is 2. The second kappa shape index (κ2) is 8.31. The average molecular weight is 465 g/mol. The molecule has 8 nitrogen and oxygen atoms in total. The highest BCUT2D eigenvalue weighted by molar-refractivity contribution is 7.90. The van der Waals surface area contributed by atoms with Crippen molar-refractivity contribution in [2.75, 3.05) is 18.8 Å². The predicted octanol–water partition coefficient (Wildman–Crippen LogP) is 3.66. The highest BCUT2D eigenvalue weighted by Crippen LogP contribution is 2.37. The fourth-order valence-electron chi connectivity index (χ4n) is 4.51. The van der Waals surface area contributed by atoms with Crippen LogP contribution in [-0.4, -0.2) is 45.3 Å². The van der Waals surface area contributed by atoms with Gasteiger partial charge in [0.2, 0.25) is 16.0 Å². The Labute approximate surface area is 193 Å². The predicted molar refractivity (Wildman–Crippen MR) is 131 cm³/mol. The summed E-state index contributed by atoms with van der Waals surface area (Å²) in [5.41, 5.74) is 10.8. The van der Waals surface area contributed by atoms with Gasteiger partial charge in [-0.2, -0.15) is 0 Å². The number of hydrogen-bond donors (Lipinski definition) is 2. The Balaban J connectivity index is 1.74. The van der Waals surface area contributed by atoms with Gasteiger partial charge in [0.15, 0.2) is 0 Å². The molecule has 33 heavy (non-hydrogen) atoms. The number of nitrogens with two attached hydrogens (primary N) is 1. The van der Waals surface area contributed by atoms with E-state index in [1.807, 2.05) is 54.9 Å². The number of nitrogens with zero attached hydrogens (tertiary/aromatic N) is 4. The average Bonchev–Trinajstić information content (AvgIpc) is 3.40. The first-order valence-corrected chi connectivity index (χ1v) is 12.7. The fraction of sp³-hybridized carbons (Fsp3) is 0.333. The van der Waals surface area contributed by atoms with Crippen molar-refractivity contribution in [3.8, 4) is 22.5 Å². The van der Waals surface area contributed by atoms with Crippen LogP contribution in [0.5, 0.6) is 0 Å². The Morgan fingerprint density at radius 1 is 1.06 bits per heavy atom. The van der Waals surface area contributed by atoms with E-state index in [0.717, 1.165) is 48.4 Å². The van der Waals surface area contributed by atoms with Crippen molar-refractivity contribution < 1.29 is 8.42 Å². The minimum Gasteiger partial charge on any atom is -0.368 e. The van der Waals surface area contributed by atoms with Crippen molar-refractivity contribution in [3.63, 3.8) is 0 Å². The van der Waals surface area contributed by atoms with Gasteiger partial charge in [0, 0.05) is 17.2 Å². The summed E-state index contributed by atoms with van der Waals surface area (Å²) in [6.07, 6.45) is 3.92. The van der Waals surface area contributed by atoms with E-state index in [9.17, 15) is 8.42 Å². The third kappa shape index (κ3) is 3.71. The maximum absolute atomic E-state index is 13.0. The molecule has 9 heteroatoms. The van der Waals surface area contributed by atoms with E-state index >= 15 is 0 Å². The molecule has 1 saturated heterocycles. The summed E-state index contributed by atoms with van der Waals surface area (Å²) in [5.74, 6) is -0.0222. The molecule has 0 aliphatic carbocycles. The summed E-state index contributed by atoms with van der Waals surface area (Å²) in [6, 6.07) is 16.1. The molecule has 3 N–H and O–H groups in total. The van der Waals surface area contributed by atoms with E-state index < -0.39 is 15.3 Å². The van der Waals surface area contributed by atoms with Gasteiger partial charge in [0.05, 0.1) is 34.0 Å². The minimum absolute atomic E-state index is 0.0222. The summed E-state index contributed by atoms with van der Waals surface area (Å²) in [6.45, 7) is 5.20. The second-order valence-corrected chi connectivity index (χ2v) is 11.1. The molecule has 0 saturated carbocycles. The summed E-state index contributed by atoms with van der Waals surface area (Å²) in [4.78, 5) is 9.11. The first kappa shape index (κ1) is 21.7. The molecule has 5 rings (SSSR count). The maximum Gasteiger partial charge on any atom is 0.244 e. The van der Waals surface area contributed by atoms with E-state index in [1.54, 1.807) is 13.8 Å². The van der Waals surface area contributed by atoms with E-state index in [1.165, 1.54) is 3.97 Å². The Morgan fingerprint density at radius 3 is 2.48 bits per heavy atom. The fourth-order valence-corrected chi connectivity index (χ4v) is 5.66. The molecule has 0 radical (unpaired) electrons.